The van der Waals surface area contributed by atoms with Gasteiger partial charge in [0.2, 0.25) is 0 Å². The van der Waals surface area contributed by atoms with Crippen LogP contribution in [-0.2, 0) is 4.74 Å². The van der Waals surface area contributed by atoms with Gasteiger partial charge in [-0.15, -0.1) is 0 Å². The fourth-order valence-electron chi connectivity index (χ4n) is 2.22. The Labute approximate surface area is 113 Å². The van der Waals surface area contributed by atoms with Crippen molar-refractivity contribution in [2.75, 3.05) is 26.3 Å². The minimum Gasteiger partial charge on any atom is -0.389 e. The average Bonchev–Trinajstić information content (AvgIpc) is 2.75. The largest absolute Gasteiger partial charge is 0.389 e. The third-order valence-corrected chi connectivity index (χ3v) is 3.19. The zero-order valence-corrected chi connectivity index (χ0v) is 10.7. The number of β-amino-alcohol motifs (C(OH)–C–C–N with tert-alkyl or cyclic N) is 1. The van der Waals surface area contributed by atoms with Gasteiger partial charge in [-0.2, -0.15) is 0 Å². The van der Waals surface area contributed by atoms with Gasteiger partial charge in [0.05, 0.1) is 19.3 Å². The number of aliphatic hydroxyl groups is 1. The summed E-state index contributed by atoms with van der Waals surface area (Å²) in [4.78, 5) is 29.6. The van der Waals surface area contributed by atoms with E-state index >= 15 is 0 Å². The van der Waals surface area contributed by atoms with Crippen LogP contribution in [0.2, 0.25) is 0 Å². The van der Waals surface area contributed by atoms with Crippen LogP contribution in [0, 0.1) is 0 Å². The van der Waals surface area contributed by atoms with Gasteiger partial charge in [0, 0.05) is 31.5 Å². The SMILES string of the molecule is O=C(c1c[nH]n2c(=O)ccnc12)N1CCOCC(O)C1. The van der Waals surface area contributed by atoms with E-state index in [1.54, 1.807) is 0 Å². The molecule has 1 amide bonds. The summed E-state index contributed by atoms with van der Waals surface area (Å²) in [7, 11) is 0. The molecule has 1 saturated heterocycles. The first kappa shape index (κ1) is 12.8. The number of fused-ring (bicyclic) bond motifs is 1. The standard InChI is InChI=1S/C12H14N4O4/c17-8-6-15(3-4-20-7-8)12(19)9-5-14-16-10(18)1-2-13-11(9)16/h1-2,5,8,14,17H,3-4,6-7H2. The van der Waals surface area contributed by atoms with E-state index < -0.39 is 6.10 Å². The summed E-state index contributed by atoms with van der Waals surface area (Å²) in [5.74, 6) is -0.286. The minimum absolute atomic E-state index is 0.202. The number of ether oxygens (including phenoxy) is 1. The van der Waals surface area contributed by atoms with Crippen LogP contribution in [0.3, 0.4) is 0 Å². The first-order valence-electron chi connectivity index (χ1n) is 6.27. The van der Waals surface area contributed by atoms with Crippen LogP contribution in [0.1, 0.15) is 10.4 Å². The third kappa shape index (κ3) is 2.19. The van der Waals surface area contributed by atoms with Crippen molar-refractivity contribution in [2.24, 2.45) is 0 Å². The second kappa shape index (κ2) is 5.06. The van der Waals surface area contributed by atoms with Crippen LogP contribution < -0.4 is 5.56 Å². The van der Waals surface area contributed by atoms with E-state index in [1.165, 1.54) is 27.9 Å². The Balaban J connectivity index is 1.96. The van der Waals surface area contributed by atoms with Gasteiger partial charge < -0.3 is 14.7 Å². The van der Waals surface area contributed by atoms with Gasteiger partial charge in [0.25, 0.3) is 11.5 Å². The normalized spacial score (nSPS) is 20.1. The molecule has 0 radical (unpaired) electrons. The molecule has 1 fully saturated rings. The topological polar surface area (TPSA) is 99.9 Å². The second-order valence-electron chi connectivity index (χ2n) is 4.61. The van der Waals surface area contributed by atoms with Crippen molar-refractivity contribution in [3.05, 3.63) is 34.4 Å². The third-order valence-electron chi connectivity index (χ3n) is 3.19. The molecule has 0 aromatic carbocycles. The van der Waals surface area contributed by atoms with Crippen LogP contribution in [0.4, 0.5) is 0 Å². The summed E-state index contributed by atoms with van der Waals surface area (Å²) in [5, 5.41) is 12.4. The molecule has 0 aliphatic carbocycles. The highest BCUT2D eigenvalue weighted by atomic mass is 16.5. The molecular weight excluding hydrogens is 264 g/mol. The summed E-state index contributed by atoms with van der Waals surface area (Å²) in [5.41, 5.74) is 0.298. The predicted octanol–water partition coefficient (Wildman–Crippen LogP) is -1.14. The van der Waals surface area contributed by atoms with E-state index in [9.17, 15) is 14.7 Å². The Bertz CT molecular complexity index is 692. The van der Waals surface area contributed by atoms with Gasteiger partial charge in [0.15, 0.2) is 5.65 Å². The van der Waals surface area contributed by atoms with Crippen molar-refractivity contribution >= 4 is 11.6 Å². The molecule has 1 aliphatic heterocycles. The Morgan fingerprint density at radius 2 is 2.40 bits per heavy atom. The number of aromatic amines is 1. The fraction of sp³-hybridized carbons (Fsp3) is 0.417. The van der Waals surface area contributed by atoms with Crippen molar-refractivity contribution < 1.29 is 14.6 Å². The van der Waals surface area contributed by atoms with Crippen molar-refractivity contribution in [3.8, 4) is 0 Å². The van der Waals surface area contributed by atoms with Crippen LogP contribution in [-0.4, -0.2) is 62.9 Å². The Morgan fingerprint density at radius 3 is 3.25 bits per heavy atom. The maximum absolute atomic E-state index is 12.5. The van der Waals surface area contributed by atoms with Crippen LogP contribution in [0.25, 0.3) is 5.65 Å². The number of aliphatic hydroxyl groups excluding tert-OH is 1. The first-order chi connectivity index (χ1) is 9.66. The van der Waals surface area contributed by atoms with Crippen molar-refractivity contribution in [1.82, 2.24) is 19.5 Å². The summed E-state index contributed by atoms with van der Waals surface area (Å²) in [6.07, 6.45) is 2.11. The molecule has 2 aromatic rings. The molecule has 3 heterocycles. The first-order valence-corrected chi connectivity index (χ1v) is 6.27. The Kier molecular flexibility index (Phi) is 3.25. The number of rotatable bonds is 1. The zero-order valence-electron chi connectivity index (χ0n) is 10.7. The average molecular weight is 278 g/mol. The van der Waals surface area contributed by atoms with Crippen molar-refractivity contribution in [3.63, 3.8) is 0 Å². The van der Waals surface area contributed by atoms with Gasteiger partial charge in [-0.1, -0.05) is 0 Å². The summed E-state index contributed by atoms with van der Waals surface area (Å²) in [6.45, 7) is 1.19. The maximum atomic E-state index is 12.5. The number of nitrogens with zero attached hydrogens (tertiary/aromatic N) is 3. The molecule has 106 valence electrons. The number of H-pyrrole nitrogens is 1. The van der Waals surface area contributed by atoms with Crippen LogP contribution in [0.15, 0.2) is 23.3 Å². The lowest BCUT2D eigenvalue weighted by molar-refractivity contribution is 0.0534. The Hall–Kier alpha value is -2.19. The van der Waals surface area contributed by atoms with E-state index in [2.05, 4.69) is 10.1 Å². The Morgan fingerprint density at radius 1 is 1.55 bits per heavy atom. The molecule has 0 spiro atoms. The molecule has 2 aromatic heterocycles. The lowest BCUT2D eigenvalue weighted by Crippen LogP contribution is -2.37. The van der Waals surface area contributed by atoms with Gasteiger partial charge in [0.1, 0.15) is 5.56 Å². The maximum Gasteiger partial charge on any atom is 0.272 e. The van der Waals surface area contributed by atoms with Gasteiger partial charge >= 0.3 is 0 Å². The highest BCUT2D eigenvalue weighted by molar-refractivity contribution is 5.99. The van der Waals surface area contributed by atoms with E-state index in [0.717, 1.165) is 0 Å². The molecule has 0 bridgehead atoms. The van der Waals surface area contributed by atoms with Crippen LogP contribution >= 0.6 is 0 Å². The zero-order chi connectivity index (χ0) is 14.1. The molecule has 1 aliphatic rings. The molecule has 2 N–H and O–H groups in total. The smallest absolute Gasteiger partial charge is 0.272 e. The van der Waals surface area contributed by atoms with E-state index in [4.69, 9.17) is 4.74 Å². The van der Waals surface area contributed by atoms with E-state index in [0.29, 0.717) is 18.7 Å². The van der Waals surface area contributed by atoms with Gasteiger partial charge in [-0.3, -0.25) is 14.7 Å². The number of carbonyl (C=O) groups excluding carboxylic acids is 1. The summed E-state index contributed by atoms with van der Waals surface area (Å²) >= 11 is 0. The molecule has 1 atom stereocenters. The monoisotopic (exact) mass is 278 g/mol. The number of nitrogens with one attached hydrogen (secondary N) is 1. The predicted molar refractivity (Wildman–Crippen MR) is 68.5 cm³/mol. The number of amides is 1. The highest BCUT2D eigenvalue weighted by Gasteiger charge is 2.24. The van der Waals surface area contributed by atoms with Crippen LogP contribution in [0.5, 0.6) is 0 Å². The summed E-state index contributed by atoms with van der Waals surface area (Å²) in [6, 6.07) is 1.31. The van der Waals surface area contributed by atoms with Crippen molar-refractivity contribution in [1.29, 1.82) is 0 Å². The quantitative estimate of drug-likeness (QED) is 0.686. The highest BCUT2D eigenvalue weighted by Crippen LogP contribution is 2.11. The molecule has 8 heteroatoms. The second-order valence-corrected chi connectivity index (χ2v) is 4.61. The fourth-order valence-corrected chi connectivity index (χ4v) is 2.22. The number of hydrogen-bond donors (Lipinski definition) is 2. The van der Waals surface area contributed by atoms with E-state index in [-0.39, 0.29) is 30.3 Å². The van der Waals surface area contributed by atoms with Gasteiger partial charge in [-0.05, 0) is 0 Å². The molecule has 8 nitrogen and oxygen atoms in total. The molecule has 3 rings (SSSR count). The number of hydrogen-bond acceptors (Lipinski definition) is 5. The van der Waals surface area contributed by atoms with Gasteiger partial charge in [-0.25, -0.2) is 9.50 Å². The molecule has 1 unspecified atom stereocenters. The number of aromatic nitrogens is 3. The lowest BCUT2D eigenvalue weighted by Gasteiger charge is -2.20. The summed E-state index contributed by atoms with van der Waals surface area (Å²) < 4.78 is 6.39. The molecular formula is C12H14N4O4. The molecule has 20 heavy (non-hydrogen) atoms. The van der Waals surface area contributed by atoms with Crippen molar-refractivity contribution in [2.45, 2.75) is 6.10 Å². The lowest BCUT2D eigenvalue weighted by atomic mass is 10.2. The van der Waals surface area contributed by atoms with E-state index in [1.807, 2.05) is 0 Å². The molecule has 0 saturated carbocycles. The minimum atomic E-state index is -0.706. The number of carbonyl (C=O) groups is 1.